The predicted molar refractivity (Wildman–Crippen MR) is 142 cm³/mol. The van der Waals surface area contributed by atoms with E-state index in [4.69, 9.17) is 23.2 Å². The van der Waals surface area contributed by atoms with Crippen molar-refractivity contribution in [3.8, 4) is 0 Å². The van der Waals surface area contributed by atoms with Gasteiger partial charge in [-0.1, -0.05) is 29.3 Å². The molecule has 0 spiro atoms. The number of hydrogen-bond donors (Lipinski definition) is 2. The van der Waals surface area contributed by atoms with Crippen molar-refractivity contribution in [2.45, 2.75) is 19.3 Å². The minimum Gasteiger partial charge on any atom is -0.368 e. The first kappa shape index (κ1) is 24.8. The second kappa shape index (κ2) is 11.9. The highest BCUT2D eigenvalue weighted by Crippen LogP contribution is 2.30. The third-order valence-electron chi connectivity index (χ3n) is 5.90. The lowest BCUT2D eigenvalue weighted by atomic mass is 10.1. The van der Waals surface area contributed by atoms with E-state index in [-0.39, 0.29) is 11.9 Å². The molecule has 7 nitrogen and oxygen atoms in total. The molecule has 0 unspecified atom stereocenters. The van der Waals surface area contributed by atoms with Gasteiger partial charge < -0.3 is 20.4 Å². The van der Waals surface area contributed by atoms with Crippen molar-refractivity contribution in [3.05, 3.63) is 82.6 Å². The maximum absolute atomic E-state index is 12.7. The number of carbonyl (C=O) groups is 2. The van der Waals surface area contributed by atoms with Crippen molar-refractivity contribution in [2.24, 2.45) is 0 Å². The first-order chi connectivity index (χ1) is 17.0. The summed E-state index contributed by atoms with van der Waals surface area (Å²) in [5.74, 6) is 0.00468. The first-order valence-electron chi connectivity index (χ1n) is 11.5. The lowest BCUT2D eigenvalue weighted by Crippen LogP contribution is -2.50. The van der Waals surface area contributed by atoms with Gasteiger partial charge in [0, 0.05) is 56.4 Å². The summed E-state index contributed by atoms with van der Waals surface area (Å²) in [5, 5.41) is 6.59. The number of aryl methyl sites for hydroxylation is 1. The molecule has 0 saturated carbocycles. The summed E-state index contributed by atoms with van der Waals surface area (Å²) in [7, 11) is 0. The molecule has 182 valence electrons. The van der Waals surface area contributed by atoms with E-state index < -0.39 is 0 Å². The van der Waals surface area contributed by atoms with Crippen LogP contribution in [0.3, 0.4) is 0 Å². The Labute approximate surface area is 215 Å². The van der Waals surface area contributed by atoms with Crippen LogP contribution in [0.25, 0.3) is 0 Å². The van der Waals surface area contributed by atoms with Crippen molar-refractivity contribution in [2.75, 3.05) is 41.7 Å². The quantitative estimate of drug-likeness (QED) is 0.426. The summed E-state index contributed by atoms with van der Waals surface area (Å²) in [6.07, 6.45) is 5.64. The van der Waals surface area contributed by atoms with Crippen LogP contribution in [0, 0.1) is 0 Å². The number of rotatable bonds is 7. The van der Waals surface area contributed by atoms with Gasteiger partial charge in [0.25, 0.3) is 0 Å². The smallest absolute Gasteiger partial charge is 0.322 e. The number of nitrogens with zero attached hydrogens (tertiary/aromatic N) is 3. The van der Waals surface area contributed by atoms with E-state index in [1.54, 1.807) is 35.5 Å². The number of para-hydroxylation sites is 1. The van der Waals surface area contributed by atoms with Crippen LogP contribution in [-0.2, 0) is 11.2 Å². The van der Waals surface area contributed by atoms with Crippen molar-refractivity contribution in [3.63, 3.8) is 0 Å². The Kier molecular flexibility index (Phi) is 8.45. The number of pyridine rings is 1. The Bertz CT molecular complexity index is 1130. The predicted octanol–water partition coefficient (Wildman–Crippen LogP) is 5.70. The number of piperazine rings is 1. The van der Waals surface area contributed by atoms with Crippen LogP contribution in [-0.4, -0.2) is 48.0 Å². The fourth-order valence-corrected chi connectivity index (χ4v) is 4.44. The normalized spacial score (nSPS) is 13.4. The van der Waals surface area contributed by atoms with Crippen LogP contribution >= 0.6 is 23.2 Å². The van der Waals surface area contributed by atoms with Crippen molar-refractivity contribution in [1.82, 2.24) is 9.88 Å². The number of urea groups is 1. The number of halogens is 2. The van der Waals surface area contributed by atoms with E-state index >= 15 is 0 Å². The molecule has 1 aromatic heterocycles. The summed E-state index contributed by atoms with van der Waals surface area (Å²) in [4.78, 5) is 32.9. The van der Waals surface area contributed by atoms with E-state index in [0.717, 1.165) is 24.2 Å². The zero-order valence-electron chi connectivity index (χ0n) is 19.2. The molecule has 0 bridgehead atoms. The van der Waals surface area contributed by atoms with Gasteiger partial charge in [-0.05, 0) is 66.9 Å². The molecule has 35 heavy (non-hydrogen) atoms. The van der Waals surface area contributed by atoms with Crippen LogP contribution in [0.1, 0.15) is 18.4 Å². The molecule has 9 heteroatoms. The van der Waals surface area contributed by atoms with Crippen molar-refractivity contribution < 1.29 is 9.59 Å². The van der Waals surface area contributed by atoms with Gasteiger partial charge in [0.05, 0.1) is 15.7 Å². The molecule has 0 radical (unpaired) electrons. The van der Waals surface area contributed by atoms with E-state index in [1.165, 1.54) is 5.56 Å². The number of benzene rings is 2. The summed E-state index contributed by atoms with van der Waals surface area (Å²) in [5.41, 5.74) is 3.44. The number of anilines is 3. The molecule has 3 aromatic rings. The van der Waals surface area contributed by atoms with Crippen LogP contribution in [0.2, 0.25) is 10.0 Å². The average Bonchev–Trinajstić information content (AvgIpc) is 2.87. The average molecular weight is 512 g/mol. The number of carbonyl (C=O) groups excluding carboxylic acids is 2. The Hall–Kier alpha value is -3.29. The van der Waals surface area contributed by atoms with E-state index in [2.05, 4.69) is 20.5 Å². The Morgan fingerprint density at radius 1 is 0.857 bits per heavy atom. The van der Waals surface area contributed by atoms with Gasteiger partial charge >= 0.3 is 6.03 Å². The van der Waals surface area contributed by atoms with Gasteiger partial charge in [-0.15, -0.1) is 0 Å². The summed E-state index contributed by atoms with van der Waals surface area (Å²) in [6, 6.07) is 16.6. The van der Waals surface area contributed by atoms with Crippen LogP contribution in [0.15, 0.2) is 67.0 Å². The molecule has 1 aliphatic rings. The molecule has 1 aliphatic heterocycles. The topological polar surface area (TPSA) is 77.6 Å². The lowest BCUT2D eigenvalue weighted by molar-refractivity contribution is -0.116. The van der Waals surface area contributed by atoms with E-state index in [0.29, 0.717) is 48.3 Å². The maximum Gasteiger partial charge on any atom is 0.322 e. The van der Waals surface area contributed by atoms with Gasteiger partial charge in [-0.25, -0.2) is 4.79 Å². The molecule has 4 rings (SSSR count). The number of aromatic nitrogens is 1. The number of nitrogens with one attached hydrogen (secondary N) is 2. The number of hydrogen-bond acceptors (Lipinski definition) is 4. The summed E-state index contributed by atoms with van der Waals surface area (Å²) < 4.78 is 0. The van der Waals surface area contributed by atoms with E-state index in [9.17, 15) is 9.59 Å². The molecule has 2 aromatic carbocycles. The minimum atomic E-state index is -0.221. The Morgan fingerprint density at radius 3 is 2.17 bits per heavy atom. The monoisotopic (exact) mass is 511 g/mol. The Balaban J connectivity index is 1.22. The van der Waals surface area contributed by atoms with Gasteiger partial charge in [-0.3, -0.25) is 9.78 Å². The fourth-order valence-electron chi connectivity index (χ4n) is 3.95. The highest BCUT2D eigenvalue weighted by atomic mass is 35.5. The van der Waals surface area contributed by atoms with Crippen molar-refractivity contribution in [1.29, 1.82) is 0 Å². The molecule has 1 fully saturated rings. The Morgan fingerprint density at radius 2 is 1.51 bits per heavy atom. The highest BCUT2D eigenvalue weighted by molar-refractivity contribution is 6.39. The van der Waals surface area contributed by atoms with Gasteiger partial charge in [0.2, 0.25) is 5.91 Å². The summed E-state index contributed by atoms with van der Waals surface area (Å²) >= 11 is 12.3. The number of amides is 3. The van der Waals surface area contributed by atoms with Crippen LogP contribution in [0.4, 0.5) is 21.9 Å². The molecular weight excluding hydrogens is 485 g/mol. The largest absolute Gasteiger partial charge is 0.368 e. The molecular formula is C26H27Cl2N5O2. The SMILES string of the molecule is O=C(CCCc1ccncc1)Nc1ccc(N2CCN(C(=O)Nc3c(Cl)cccc3Cl)CC2)cc1. The van der Waals surface area contributed by atoms with Gasteiger partial charge in [0.1, 0.15) is 0 Å². The third-order valence-corrected chi connectivity index (χ3v) is 6.53. The van der Waals surface area contributed by atoms with E-state index in [1.807, 2.05) is 36.4 Å². The second-order valence-electron chi connectivity index (χ2n) is 8.30. The summed E-state index contributed by atoms with van der Waals surface area (Å²) in [6.45, 7) is 2.54. The maximum atomic E-state index is 12.7. The zero-order valence-corrected chi connectivity index (χ0v) is 20.7. The first-order valence-corrected chi connectivity index (χ1v) is 12.3. The van der Waals surface area contributed by atoms with Gasteiger partial charge in [0.15, 0.2) is 0 Å². The van der Waals surface area contributed by atoms with Crippen molar-refractivity contribution >= 4 is 52.2 Å². The molecule has 0 aliphatic carbocycles. The minimum absolute atomic E-state index is 0.00468. The lowest BCUT2D eigenvalue weighted by Gasteiger charge is -2.36. The fraction of sp³-hybridized carbons (Fsp3) is 0.269. The molecule has 1 saturated heterocycles. The third kappa shape index (κ3) is 6.87. The molecule has 0 atom stereocenters. The van der Waals surface area contributed by atoms with Crippen LogP contribution < -0.4 is 15.5 Å². The molecule has 3 amide bonds. The highest BCUT2D eigenvalue weighted by Gasteiger charge is 2.22. The molecule has 2 heterocycles. The standard InChI is InChI=1S/C26H27Cl2N5O2/c27-22-4-2-5-23(28)25(22)31-26(35)33-17-15-32(16-18-33)21-9-7-20(8-10-21)30-24(34)6-1-3-19-11-13-29-14-12-19/h2,4-5,7-14H,1,3,6,15-18H2,(H,30,34)(H,31,35). The zero-order chi connectivity index (χ0) is 24.6. The van der Waals surface area contributed by atoms with Gasteiger partial charge in [-0.2, -0.15) is 0 Å². The van der Waals surface area contributed by atoms with Crippen LogP contribution in [0.5, 0.6) is 0 Å². The second-order valence-corrected chi connectivity index (χ2v) is 9.12. The molecule has 2 N–H and O–H groups in total.